The highest BCUT2D eigenvalue weighted by Crippen LogP contribution is 2.21. The normalized spacial score (nSPS) is 10.8. The van der Waals surface area contributed by atoms with Gasteiger partial charge in [0.25, 0.3) is 0 Å². The van der Waals surface area contributed by atoms with Gasteiger partial charge in [-0.3, -0.25) is 0 Å². The maximum atomic E-state index is 4.49. The van der Waals surface area contributed by atoms with Crippen LogP contribution >= 0.6 is 0 Å². The number of hydrogen-bond donors (Lipinski definition) is 2. The standard InChI is InChI=1S/C18H26N4/c1-5-15-8-6-7-9-16(15)22-18-12-17(20-14(4)21-18)19-11-10-13(2)3/h6-9,12-13H,5,10-11H2,1-4H3,(H2,19,20,21,22). The Bertz CT molecular complexity index is 608. The van der Waals surface area contributed by atoms with Crippen molar-refractivity contribution in [2.75, 3.05) is 17.2 Å². The van der Waals surface area contributed by atoms with E-state index in [4.69, 9.17) is 0 Å². The molecule has 0 radical (unpaired) electrons. The molecule has 0 aliphatic carbocycles. The first kappa shape index (κ1) is 16.3. The van der Waals surface area contributed by atoms with E-state index in [9.17, 15) is 0 Å². The van der Waals surface area contributed by atoms with Crippen molar-refractivity contribution in [2.45, 2.75) is 40.5 Å². The molecule has 0 fully saturated rings. The van der Waals surface area contributed by atoms with E-state index >= 15 is 0 Å². The Morgan fingerprint density at radius 3 is 2.55 bits per heavy atom. The van der Waals surface area contributed by atoms with Gasteiger partial charge in [-0.15, -0.1) is 0 Å². The van der Waals surface area contributed by atoms with Crippen LogP contribution in [0.4, 0.5) is 17.3 Å². The van der Waals surface area contributed by atoms with E-state index in [1.807, 2.05) is 19.1 Å². The molecule has 2 aromatic rings. The van der Waals surface area contributed by atoms with Gasteiger partial charge in [-0.2, -0.15) is 0 Å². The molecule has 118 valence electrons. The molecule has 0 amide bonds. The first-order valence-corrected chi connectivity index (χ1v) is 8.03. The predicted octanol–water partition coefficient (Wildman–Crippen LogP) is 4.55. The fourth-order valence-corrected chi connectivity index (χ4v) is 2.30. The molecule has 22 heavy (non-hydrogen) atoms. The topological polar surface area (TPSA) is 49.8 Å². The van der Waals surface area contributed by atoms with Crippen LogP contribution in [0.2, 0.25) is 0 Å². The highest BCUT2D eigenvalue weighted by molar-refractivity contribution is 5.62. The Morgan fingerprint density at radius 1 is 1.09 bits per heavy atom. The zero-order valence-corrected chi connectivity index (χ0v) is 14.0. The number of anilines is 3. The second-order valence-corrected chi connectivity index (χ2v) is 5.93. The molecule has 4 nitrogen and oxygen atoms in total. The third kappa shape index (κ3) is 4.72. The second-order valence-electron chi connectivity index (χ2n) is 5.93. The molecule has 0 atom stereocenters. The molecular weight excluding hydrogens is 272 g/mol. The molecule has 0 unspecified atom stereocenters. The lowest BCUT2D eigenvalue weighted by Crippen LogP contribution is -2.08. The summed E-state index contributed by atoms with van der Waals surface area (Å²) in [5, 5.41) is 6.79. The Morgan fingerprint density at radius 2 is 1.82 bits per heavy atom. The summed E-state index contributed by atoms with van der Waals surface area (Å²) in [6, 6.07) is 10.3. The lowest BCUT2D eigenvalue weighted by Gasteiger charge is -2.13. The SMILES string of the molecule is CCc1ccccc1Nc1cc(NCCC(C)C)nc(C)n1. The summed E-state index contributed by atoms with van der Waals surface area (Å²) in [6.45, 7) is 9.46. The number of aromatic nitrogens is 2. The van der Waals surface area contributed by atoms with E-state index in [-0.39, 0.29) is 0 Å². The van der Waals surface area contributed by atoms with Crippen LogP contribution in [-0.2, 0) is 6.42 Å². The van der Waals surface area contributed by atoms with E-state index in [0.29, 0.717) is 5.92 Å². The number of nitrogens with one attached hydrogen (secondary N) is 2. The minimum absolute atomic E-state index is 0.685. The Kier molecular flexibility index (Phi) is 5.75. The van der Waals surface area contributed by atoms with Crippen molar-refractivity contribution < 1.29 is 0 Å². The van der Waals surface area contributed by atoms with Gasteiger partial charge >= 0.3 is 0 Å². The van der Waals surface area contributed by atoms with Gasteiger partial charge in [-0.05, 0) is 37.3 Å². The molecule has 1 heterocycles. The third-order valence-corrected chi connectivity index (χ3v) is 3.53. The number of para-hydroxylation sites is 1. The van der Waals surface area contributed by atoms with Crippen LogP contribution in [0.3, 0.4) is 0 Å². The monoisotopic (exact) mass is 298 g/mol. The van der Waals surface area contributed by atoms with Crippen molar-refractivity contribution in [2.24, 2.45) is 5.92 Å². The number of aryl methyl sites for hydroxylation is 2. The van der Waals surface area contributed by atoms with Gasteiger partial charge in [0.15, 0.2) is 0 Å². The fraction of sp³-hybridized carbons (Fsp3) is 0.444. The first-order chi connectivity index (χ1) is 10.6. The average Bonchev–Trinajstić information content (AvgIpc) is 2.47. The Balaban J connectivity index is 2.12. The summed E-state index contributed by atoms with van der Waals surface area (Å²) in [5.41, 5.74) is 2.39. The summed E-state index contributed by atoms with van der Waals surface area (Å²) in [4.78, 5) is 8.94. The average molecular weight is 298 g/mol. The van der Waals surface area contributed by atoms with E-state index in [1.165, 1.54) is 5.56 Å². The molecular formula is C18H26N4. The van der Waals surface area contributed by atoms with Gasteiger partial charge in [0.2, 0.25) is 0 Å². The third-order valence-electron chi connectivity index (χ3n) is 3.53. The smallest absolute Gasteiger partial charge is 0.136 e. The van der Waals surface area contributed by atoms with Crippen LogP contribution in [0.15, 0.2) is 30.3 Å². The summed E-state index contributed by atoms with van der Waals surface area (Å²) >= 11 is 0. The molecule has 2 rings (SSSR count). The van der Waals surface area contributed by atoms with Gasteiger partial charge in [0.1, 0.15) is 17.5 Å². The van der Waals surface area contributed by atoms with Gasteiger partial charge < -0.3 is 10.6 Å². The number of hydrogen-bond acceptors (Lipinski definition) is 4. The summed E-state index contributed by atoms with van der Waals surface area (Å²) in [6.07, 6.45) is 2.12. The minimum atomic E-state index is 0.685. The maximum absolute atomic E-state index is 4.49. The maximum Gasteiger partial charge on any atom is 0.136 e. The van der Waals surface area contributed by atoms with Gasteiger partial charge in [0.05, 0.1) is 0 Å². The molecule has 0 saturated heterocycles. The van der Waals surface area contributed by atoms with E-state index < -0.39 is 0 Å². The molecule has 0 aliphatic rings. The number of benzene rings is 1. The van der Waals surface area contributed by atoms with Crippen LogP contribution in [0, 0.1) is 12.8 Å². The van der Waals surface area contributed by atoms with Crippen LogP contribution in [0.5, 0.6) is 0 Å². The zero-order chi connectivity index (χ0) is 15.9. The summed E-state index contributed by atoms with van der Waals surface area (Å²) in [7, 11) is 0. The van der Waals surface area contributed by atoms with Crippen molar-refractivity contribution in [3.8, 4) is 0 Å². The fourth-order valence-electron chi connectivity index (χ4n) is 2.30. The Labute approximate surface area is 133 Å². The molecule has 0 aliphatic heterocycles. The minimum Gasteiger partial charge on any atom is -0.370 e. The van der Waals surface area contributed by atoms with Gasteiger partial charge in [0, 0.05) is 18.3 Å². The molecule has 4 heteroatoms. The van der Waals surface area contributed by atoms with Crippen molar-refractivity contribution in [3.63, 3.8) is 0 Å². The van der Waals surface area contributed by atoms with Crippen LogP contribution in [0.1, 0.15) is 38.6 Å². The number of nitrogens with zero attached hydrogens (tertiary/aromatic N) is 2. The summed E-state index contributed by atoms with van der Waals surface area (Å²) in [5.74, 6) is 3.17. The van der Waals surface area contributed by atoms with Gasteiger partial charge in [-0.1, -0.05) is 39.0 Å². The molecule has 1 aromatic heterocycles. The number of rotatable bonds is 7. The Hall–Kier alpha value is -2.10. The molecule has 2 N–H and O–H groups in total. The highest BCUT2D eigenvalue weighted by Gasteiger charge is 2.05. The van der Waals surface area contributed by atoms with Crippen LogP contribution < -0.4 is 10.6 Å². The quantitative estimate of drug-likeness (QED) is 0.787. The van der Waals surface area contributed by atoms with Crippen molar-refractivity contribution >= 4 is 17.3 Å². The van der Waals surface area contributed by atoms with E-state index in [0.717, 1.165) is 42.5 Å². The highest BCUT2D eigenvalue weighted by atomic mass is 15.1. The van der Waals surface area contributed by atoms with Crippen molar-refractivity contribution in [3.05, 3.63) is 41.7 Å². The zero-order valence-electron chi connectivity index (χ0n) is 14.0. The molecule has 0 spiro atoms. The molecule has 1 aromatic carbocycles. The lowest BCUT2D eigenvalue weighted by molar-refractivity contribution is 0.606. The van der Waals surface area contributed by atoms with Crippen LogP contribution in [0.25, 0.3) is 0 Å². The lowest BCUT2D eigenvalue weighted by atomic mass is 10.1. The largest absolute Gasteiger partial charge is 0.370 e. The van der Waals surface area contributed by atoms with E-state index in [1.54, 1.807) is 0 Å². The van der Waals surface area contributed by atoms with E-state index in [2.05, 4.69) is 59.6 Å². The predicted molar refractivity (Wildman–Crippen MR) is 93.8 cm³/mol. The first-order valence-electron chi connectivity index (χ1n) is 8.03. The van der Waals surface area contributed by atoms with Gasteiger partial charge in [-0.25, -0.2) is 9.97 Å². The molecule has 0 bridgehead atoms. The summed E-state index contributed by atoms with van der Waals surface area (Å²) < 4.78 is 0. The van der Waals surface area contributed by atoms with Crippen LogP contribution in [-0.4, -0.2) is 16.5 Å². The van der Waals surface area contributed by atoms with Crippen molar-refractivity contribution in [1.29, 1.82) is 0 Å². The second kappa shape index (κ2) is 7.78. The van der Waals surface area contributed by atoms with Crippen molar-refractivity contribution in [1.82, 2.24) is 9.97 Å². The molecule has 0 saturated carbocycles.